The molecule has 0 unspecified atom stereocenters. The maximum atomic E-state index is 2.48. The maximum Gasteiger partial charge on any atom is 0.0714 e. The fourth-order valence-electron chi connectivity index (χ4n) is 10.2. The molecule has 0 saturated carbocycles. The lowest BCUT2D eigenvalue weighted by atomic mass is 9.68. The predicted octanol–water partition coefficient (Wildman–Crippen LogP) is 14.9. The van der Waals surface area contributed by atoms with E-state index in [1.165, 1.54) is 77.1 Å². The third-order valence-electron chi connectivity index (χ3n) is 12.6. The summed E-state index contributed by atoms with van der Waals surface area (Å²) in [5.74, 6) is 0. The molecule has 1 aromatic heterocycles. The summed E-state index contributed by atoms with van der Waals surface area (Å²) in [7, 11) is 0. The van der Waals surface area contributed by atoms with Gasteiger partial charge in [0.1, 0.15) is 0 Å². The van der Waals surface area contributed by atoms with E-state index in [2.05, 4.69) is 240 Å². The summed E-state index contributed by atoms with van der Waals surface area (Å²) in [6.07, 6.45) is 0. The van der Waals surface area contributed by atoms with Crippen molar-refractivity contribution in [1.82, 2.24) is 4.57 Å². The van der Waals surface area contributed by atoms with Crippen LogP contribution >= 0.6 is 0 Å². The van der Waals surface area contributed by atoms with Crippen LogP contribution in [0.15, 0.2) is 231 Å². The summed E-state index contributed by atoms with van der Waals surface area (Å²) in [5, 5.41) is 5.16. The van der Waals surface area contributed by atoms with Crippen molar-refractivity contribution in [3.05, 3.63) is 253 Å². The number of benzene rings is 10. The second kappa shape index (κ2) is 13.2. The molecule has 1 aliphatic carbocycles. The molecule has 1 heterocycles. The van der Waals surface area contributed by atoms with E-state index in [1.807, 2.05) is 0 Å². The van der Waals surface area contributed by atoms with Gasteiger partial charge in [-0.1, -0.05) is 182 Å². The lowest BCUT2D eigenvalue weighted by molar-refractivity contribution is 0.768. The molecule has 12 rings (SSSR count). The van der Waals surface area contributed by atoms with E-state index >= 15 is 0 Å². The van der Waals surface area contributed by atoms with Crippen LogP contribution in [0.1, 0.15) is 22.3 Å². The van der Waals surface area contributed by atoms with Gasteiger partial charge in [0.2, 0.25) is 0 Å². The highest BCUT2D eigenvalue weighted by Gasteiger charge is 2.47. The van der Waals surface area contributed by atoms with Gasteiger partial charge in [0.05, 0.1) is 22.1 Å². The minimum Gasteiger partial charge on any atom is -0.310 e. The monoisotopic (exact) mass is 750 g/mol. The SMILES string of the molecule is c1ccc(-c2ccc(N(c3cccc(-n4c5cccc6ccc7cccc4c7c65)c3)c3cccc4c3-c3ccccc3C4(c3ccccc3)c3ccccc3)cc2)cc1. The third kappa shape index (κ3) is 4.93. The highest BCUT2D eigenvalue weighted by Crippen LogP contribution is 2.59. The summed E-state index contributed by atoms with van der Waals surface area (Å²) in [5.41, 5.74) is 16.4. The normalized spacial score (nSPS) is 12.9. The Morgan fingerprint density at radius 3 is 1.58 bits per heavy atom. The highest BCUT2D eigenvalue weighted by molar-refractivity contribution is 6.24. The van der Waals surface area contributed by atoms with Crippen LogP contribution in [0.25, 0.3) is 60.5 Å². The second-order valence-corrected chi connectivity index (χ2v) is 15.6. The van der Waals surface area contributed by atoms with Gasteiger partial charge in [-0.2, -0.15) is 0 Å². The van der Waals surface area contributed by atoms with Crippen LogP contribution in [-0.2, 0) is 5.41 Å². The molecule has 276 valence electrons. The smallest absolute Gasteiger partial charge is 0.0714 e. The molecule has 11 aromatic rings. The van der Waals surface area contributed by atoms with E-state index in [-0.39, 0.29) is 0 Å². The third-order valence-corrected chi connectivity index (χ3v) is 12.6. The molecule has 0 bridgehead atoms. The first-order valence-corrected chi connectivity index (χ1v) is 20.4. The van der Waals surface area contributed by atoms with Crippen LogP contribution in [0.2, 0.25) is 0 Å². The summed E-state index contributed by atoms with van der Waals surface area (Å²) in [4.78, 5) is 2.48. The van der Waals surface area contributed by atoms with Gasteiger partial charge < -0.3 is 9.47 Å². The van der Waals surface area contributed by atoms with Crippen molar-refractivity contribution in [3.8, 4) is 27.9 Å². The molecule has 0 fully saturated rings. The van der Waals surface area contributed by atoms with Gasteiger partial charge in [-0.15, -0.1) is 0 Å². The van der Waals surface area contributed by atoms with E-state index in [9.17, 15) is 0 Å². The number of anilines is 3. The number of hydrogen-bond donors (Lipinski definition) is 0. The van der Waals surface area contributed by atoms with Gasteiger partial charge in [0, 0.05) is 33.4 Å². The predicted molar refractivity (Wildman–Crippen MR) is 247 cm³/mol. The Balaban J connectivity index is 1.13. The van der Waals surface area contributed by atoms with Crippen molar-refractivity contribution < 1.29 is 0 Å². The van der Waals surface area contributed by atoms with Crippen LogP contribution in [0.3, 0.4) is 0 Å². The van der Waals surface area contributed by atoms with Crippen LogP contribution in [0.4, 0.5) is 17.1 Å². The zero-order chi connectivity index (χ0) is 38.9. The van der Waals surface area contributed by atoms with E-state index in [0.717, 1.165) is 22.7 Å². The summed E-state index contributed by atoms with van der Waals surface area (Å²) in [6.45, 7) is 0. The molecule has 0 radical (unpaired) electrons. The first-order chi connectivity index (χ1) is 29.3. The maximum absolute atomic E-state index is 2.48. The van der Waals surface area contributed by atoms with Crippen LogP contribution in [0.5, 0.6) is 0 Å². The first-order valence-electron chi connectivity index (χ1n) is 20.4. The number of rotatable bonds is 7. The van der Waals surface area contributed by atoms with Gasteiger partial charge in [0.25, 0.3) is 0 Å². The standard InChI is InChI=1S/C57H38N2/c1-4-16-39(17-5-1)40-34-36-45(37-35-40)58(46-24-14-25-47(38-46)59-51-29-12-18-41-32-33-42-19-13-30-52(59)55(42)54(41)51)53-31-15-28-50-56(53)48-26-10-11-27-49(48)57(50,43-20-6-2-7-21-43)44-22-8-3-9-23-44/h1-38H. The minimum absolute atomic E-state index is 0.506. The Kier molecular flexibility index (Phi) is 7.48. The topological polar surface area (TPSA) is 8.17 Å². The number of aromatic nitrogens is 1. The molecule has 0 aliphatic heterocycles. The fraction of sp³-hybridized carbons (Fsp3) is 0.0175. The quantitative estimate of drug-likeness (QED) is 0.147. The average Bonchev–Trinajstić information content (AvgIpc) is 3.82. The van der Waals surface area contributed by atoms with Gasteiger partial charge in [-0.25, -0.2) is 0 Å². The Bertz CT molecular complexity index is 3200. The molecular formula is C57H38N2. The molecule has 2 nitrogen and oxygen atoms in total. The summed E-state index contributed by atoms with van der Waals surface area (Å²) >= 11 is 0. The molecular weight excluding hydrogens is 713 g/mol. The molecule has 59 heavy (non-hydrogen) atoms. The number of fused-ring (bicyclic) bond motifs is 3. The number of hydrogen-bond acceptors (Lipinski definition) is 1. The van der Waals surface area contributed by atoms with Crippen LogP contribution in [-0.4, -0.2) is 4.57 Å². The van der Waals surface area contributed by atoms with Crippen molar-refractivity contribution in [2.75, 3.05) is 4.90 Å². The largest absolute Gasteiger partial charge is 0.310 e. The minimum atomic E-state index is -0.506. The Labute approximate surface area is 343 Å². The Morgan fingerprint density at radius 1 is 0.373 bits per heavy atom. The zero-order valence-electron chi connectivity index (χ0n) is 32.3. The van der Waals surface area contributed by atoms with Gasteiger partial charge in [0.15, 0.2) is 0 Å². The molecule has 0 amide bonds. The molecule has 0 saturated heterocycles. The van der Waals surface area contributed by atoms with Gasteiger partial charge in [-0.05, 0) is 98.2 Å². The van der Waals surface area contributed by atoms with Crippen molar-refractivity contribution in [1.29, 1.82) is 0 Å². The van der Waals surface area contributed by atoms with Crippen molar-refractivity contribution >= 4 is 49.6 Å². The second-order valence-electron chi connectivity index (χ2n) is 15.6. The van der Waals surface area contributed by atoms with Crippen LogP contribution < -0.4 is 4.90 Å². The first kappa shape index (κ1) is 33.5. The molecule has 1 aliphatic rings. The van der Waals surface area contributed by atoms with E-state index in [4.69, 9.17) is 0 Å². The van der Waals surface area contributed by atoms with Gasteiger partial charge in [-0.3, -0.25) is 0 Å². The zero-order valence-corrected chi connectivity index (χ0v) is 32.3. The number of nitrogens with zero attached hydrogens (tertiary/aromatic N) is 2. The molecule has 10 aromatic carbocycles. The highest BCUT2D eigenvalue weighted by atomic mass is 15.1. The average molecular weight is 751 g/mol. The Morgan fingerprint density at radius 2 is 0.915 bits per heavy atom. The van der Waals surface area contributed by atoms with Gasteiger partial charge >= 0.3 is 0 Å². The lowest BCUT2D eigenvalue weighted by Gasteiger charge is -2.34. The van der Waals surface area contributed by atoms with E-state index in [0.29, 0.717) is 0 Å². The lowest BCUT2D eigenvalue weighted by Crippen LogP contribution is -2.28. The van der Waals surface area contributed by atoms with Crippen molar-refractivity contribution in [2.45, 2.75) is 5.41 Å². The van der Waals surface area contributed by atoms with Crippen molar-refractivity contribution in [2.24, 2.45) is 0 Å². The molecule has 0 spiro atoms. The van der Waals surface area contributed by atoms with E-state index < -0.39 is 5.41 Å². The summed E-state index contributed by atoms with van der Waals surface area (Å²) < 4.78 is 2.45. The van der Waals surface area contributed by atoms with E-state index in [1.54, 1.807) is 0 Å². The van der Waals surface area contributed by atoms with Crippen molar-refractivity contribution in [3.63, 3.8) is 0 Å². The summed E-state index contributed by atoms with van der Waals surface area (Å²) in [6, 6.07) is 84.8. The van der Waals surface area contributed by atoms with Crippen LogP contribution in [0, 0.1) is 0 Å². The molecule has 2 heteroatoms. The molecule has 0 N–H and O–H groups in total. The fourth-order valence-corrected chi connectivity index (χ4v) is 10.2. The Hall–Kier alpha value is -7.68. The molecule has 0 atom stereocenters.